The van der Waals surface area contributed by atoms with Gasteiger partial charge in [0, 0.05) is 11.1 Å². The first-order valence-electron chi connectivity index (χ1n) is 5.28. The second-order valence-electron chi connectivity index (χ2n) is 3.85. The lowest BCUT2D eigenvalue weighted by Crippen LogP contribution is -1.99. The van der Waals surface area contributed by atoms with Crippen molar-refractivity contribution in [2.75, 3.05) is 5.73 Å². The maximum atomic E-state index is 5.54. The molecule has 5 nitrogen and oxygen atoms in total. The number of nitrogens with zero attached hydrogens (tertiary/aromatic N) is 4. The molecule has 2 aromatic heterocycles. The Bertz CT molecular complexity index is 686. The Labute approximate surface area is 97.9 Å². The highest BCUT2D eigenvalue weighted by atomic mass is 15.4. The second kappa shape index (κ2) is 3.55. The fourth-order valence-corrected chi connectivity index (χ4v) is 1.87. The van der Waals surface area contributed by atoms with Crippen molar-refractivity contribution in [3.63, 3.8) is 0 Å². The first-order chi connectivity index (χ1) is 8.24. The zero-order valence-electron chi connectivity index (χ0n) is 9.33. The molecule has 0 spiro atoms. The summed E-state index contributed by atoms with van der Waals surface area (Å²) in [7, 11) is 0. The summed E-state index contributed by atoms with van der Waals surface area (Å²) in [6.45, 7) is 1.95. The van der Waals surface area contributed by atoms with Gasteiger partial charge in [-0.15, -0.1) is 5.10 Å². The number of hydrogen-bond donors (Lipinski definition) is 1. The van der Waals surface area contributed by atoms with Crippen LogP contribution in [-0.4, -0.2) is 19.7 Å². The number of anilines is 1. The lowest BCUT2D eigenvalue weighted by Gasteiger charge is -2.06. The van der Waals surface area contributed by atoms with Crippen LogP contribution in [-0.2, 0) is 0 Å². The molecule has 2 heterocycles. The van der Waals surface area contributed by atoms with Crippen molar-refractivity contribution in [2.24, 2.45) is 0 Å². The predicted molar refractivity (Wildman–Crippen MR) is 65.8 cm³/mol. The van der Waals surface area contributed by atoms with Crippen LogP contribution in [0.1, 0.15) is 5.69 Å². The molecule has 3 rings (SSSR count). The molecule has 0 aliphatic rings. The maximum absolute atomic E-state index is 5.54. The summed E-state index contributed by atoms with van der Waals surface area (Å²) < 4.78 is 1.67. The van der Waals surface area contributed by atoms with Crippen molar-refractivity contribution < 1.29 is 0 Å². The molecule has 0 fully saturated rings. The molecular formula is C12H11N5. The minimum atomic E-state index is 0.267. The number of fused-ring (bicyclic) bond motifs is 1. The predicted octanol–water partition coefficient (Wildman–Crippen LogP) is 1.71. The van der Waals surface area contributed by atoms with E-state index in [1.165, 1.54) is 0 Å². The molecule has 3 aromatic rings. The van der Waals surface area contributed by atoms with Gasteiger partial charge in [0.2, 0.25) is 5.95 Å². The van der Waals surface area contributed by atoms with Gasteiger partial charge >= 0.3 is 0 Å². The number of aryl methyl sites for hydroxylation is 1. The number of pyridine rings is 1. The third kappa shape index (κ3) is 1.61. The molecule has 0 atom stereocenters. The van der Waals surface area contributed by atoms with Gasteiger partial charge in [0.25, 0.3) is 0 Å². The van der Waals surface area contributed by atoms with Gasteiger partial charge in [-0.3, -0.25) is 4.98 Å². The summed E-state index contributed by atoms with van der Waals surface area (Å²) in [6.07, 6.45) is 1.61. The van der Waals surface area contributed by atoms with Crippen LogP contribution >= 0.6 is 0 Å². The molecule has 1 aromatic carbocycles. The topological polar surface area (TPSA) is 69.6 Å². The van der Waals surface area contributed by atoms with Crippen LogP contribution in [0, 0.1) is 6.92 Å². The first kappa shape index (κ1) is 9.77. The van der Waals surface area contributed by atoms with Gasteiger partial charge in [-0.05, 0) is 19.1 Å². The summed E-state index contributed by atoms with van der Waals surface area (Å²) in [6, 6.07) is 9.90. The molecule has 17 heavy (non-hydrogen) atoms. The Morgan fingerprint density at radius 3 is 2.82 bits per heavy atom. The van der Waals surface area contributed by atoms with Gasteiger partial charge < -0.3 is 5.73 Å². The SMILES string of the molecule is Cc1cc(-n2cnc(N)n2)c2ccccc2n1. The van der Waals surface area contributed by atoms with E-state index in [9.17, 15) is 0 Å². The van der Waals surface area contributed by atoms with E-state index in [4.69, 9.17) is 5.73 Å². The summed E-state index contributed by atoms with van der Waals surface area (Å²) in [5.74, 6) is 0.267. The fraction of sp³-hybridized carbons (Fsp3) is 0.0833. The summed E-state index contributed by atoms with van der Waals surface area (Å²) in [5, 5.41) is 5.16. The fourth-order valence-electron chi connectivity index (χ4n) is 1.87. The largest absolute Gasteiger partial charge is 0.366 e. The molecular weight excluding hydrogens is 214 g/mol. The number of benzene rings is 1. The highest BCUT2D eigenvalue weighted by Crippen LogP contribution is 2.21. The molecule has 0 unspecified atom stereocenters. The van der Waals surface area contributed by atoms with Crippen molar-refractivity contribution in [1.29, 1.82) is 0 Å². The number of rotatable bonds is 1. The van der Waals surface area contributed by atoms with Crippen LogP contribution in [0.15, 0.2) is 36.7 Å². The van der Waals surface area contributed by atoms with E-state index in [1.807, 2.05) is 37.3 Å². The molecule has 84 valence electrons. The molecule has 0 bridgehead atoms. The molecule has 5 heteroatoms. The number of para-hydroxylation sites is 1. The molecule has 0 saturated carbocycles. The molecule has 0 saturated heterocycles. The van der Waals surface area contributed by atoms with Gasteiger partial charge in [0.15, 0.2) is 0 Å². The zero-order chi connectivity index (χ0) is 11.8. The zero-order valence-corrected chi connectivity index (χ0v) is 9.33. The monoisotopic (exact) mass is 225 g/mol. The summed E-state index contributed by atoms with van der Waals surface area (Å²) in [5.41, 5.74) is 8.36. The van der Waals surface area contributed by atoms with E-state index in [1.54, 1.807) is 11.0 Å². The van der Waals surface area contributed by atoms with Crippen LogP contribution in [0.4, 0.5) is 5.95 Å². The molecule has 2 N–H and O–H groups in total. The standard InChI is InChI=1S/C12H11N5/c1-8-6-11(17-7-14-12(13)16-17)9-4-2-3-5-10(9)15-8/h2-7H,1H3,(H2,13,16). The van der Waals surface area contributed by atoms with Gasteiger partial charge in [-0.1, -0.05) is 18.2 Å². The lowest BCUT2D eigenvalue weighted by molar-refractivity contribution is 0.887. The molecule has 0 amide bonds. The first-order valence-corrected chi connectivity index (χ1v) is 5.28. The average molecular weight is 225 g/mol. The Balaban J connectivity index is 2.35. The number of nitrogen functional groups attached to an aromatic ring is 1. The smallest absolute Gasteiger partial charge is 0.239 e. The number of aromatic nitrogens is 4. The van der Waals surface area contributed by atoms with E-state index >= 15 is 0 Å². The Hall–Kier alpha value is -2.43. The van der Waals surface area contributed by atoms with E-state index in [2.05, 4.69) is 15.1 Å². The molecule has 0 aliphatic carbocycles. The molecule has 0 aliphatic heterocycles. The van der Waals surface area contributed by atoms with Crippen LogP contribution in [0.5, 0.6) is 0 Å². The third-order valence-corrected chi connectivity index (χ3v) is 2.58. The highest BCUT2D eigenvalue weighted by Gasteiger charge is 2.06. The van der Waals surface area contributed by atoms with Gasteiger partial charge in [-0.25, -0.2) is 9.67 Å². The van der Waals surface area contributed by atoms with Crippen molar-refractivity contribution >= 4 is 16.9 Å². The van der Waals surface area contributed by atoms with Gasteiger partial charge in [0.1, 0.15) is 6.33 Å². The Morgan fingerprint density at radius 1 is 1.24 bits per heavy atom. The second-order valence-corrected chi connectivity index (χ2v) is 3.85. The van der Waals surface area contributed by atoms with E-state index in [0.29, 0.717) is 0 Å². The van der Waals surface area contributed by atoms with Crippen molar-refractivity contribution in [1.82, 2.24) is 19.7 Å². The summed E-state index contributed by atoms with van der Waals surface area (Å²) >= 11 is 0. The third-order valence-electron chi connectivity index (χ3n) is 2.58. The minimum absolute atomic E-state index is 0.267. The van der Waals surface area contributed by atoms with E-state index in [0.717, 1.165) is 22.3 Å². The minimum Gasteiger partial charge on any atom is -0.366 e. The average Bonchev–Trinajstić information content (AvgIpc) is 2.74. The number of nitrogens with two attached hydrogens (primary N) is 1. The van der Waals surface area contributed by atoms with Gasteiger partial charge in [-0.2, -0.15) is 0 Å². The maximum Gasteiger partial charge on any atom is 0.239 e. The van der Waals surface area contributed by atoms with Crippen LogP contribution in [0.2, 0.25) is 0 Å². The van der Waals surface area contributed by atoms with Crippen LogP contribution < -0.4 is 5.73 Å². The van der Waals surface area contributed by atoms with E-state index < -0.39 is 0 Å². The van der Waals surface area contributed by atoms with Crippen molar-refractivity contribution in [3.8, 4) is 5.69 Å². The van der Waals surface area contributed by atoms with Crippen molar-refractivity contribution in [3.05, 3.63) is 42.4 Å². The van der Waals surface area contributed by atoms with Gasteiger partial charge in [0.05, 0.1) is 11.2 Å². The Morgan fingerprint density at radius 2 is 2.06 bits per heavy atom. The van der Waals surface area contributed by atoms with Crippen molar-refractivity contribution in [2.45, 2.75) is 6.92 Å². The summed E-state index contributed by atoms with van der Waals surface area (Å²) in [4.78, 5) is 8.41. The van der Waals surface area contributed by atoms with Crippen LogP contribution in [0.25, 0.3) is 16.6 Å². The normalized spacial score (nSPS) is 10.9. The Kier molecular flexibility index (Phi) is 2.04. The quantitative estimate of drug-likeness (QED) is 0.684. The molecule has 0 radical (unpaired) electrons. The van der Waals surface area contributed by atoms with Crippen LogP contribution in [0.3, 0.4) is 0 Å². The highest BCUT2D eigenvalue weighted by molar-refractivity contribution is 5.87. The van der Waals surface area contributed by atoms with E-state index in [-0.39, 0.29) is 5.95 Å². The lowest BCUT2D eigenvalue weighted by atomic mass is 10.1. The number of hydrogen-bond acceptors (Lipinski definition) is 4.